The average Bonchev–Trinajstić information content (AvgIpc) is 2.97. The lowest BCUT2D eigenvalue weighted by Gasteiger charge is -2.09. The third-order valence-corrected chi connectivity index (χ3v) is 4.31. The van der Waals surface area contributed by atoms with Gasteiger partial charge in [-0.3, -0.25) is 9.59 Å². The van der Waals surface area contributed by atoms with Gasteiger partial charge in [-0.15, -0.1) is 11.3 Å². The molecule has 0 radical (unpaired) electrons. The molecule has 0 aliphatic heterocycles. The van der Waals surface area contributed by atoms with Crippen LogP contribution >= 0.6 is 11.3 Å². The zero-order valence-corrected chi connectivity index (χ0v) is 14.2. The maximum atomic E-state index is 11.9. The highest BCUT2D eigenvalue weighted by Crippen LogP contribution is 2.18. The molecule has 0 amide bonds. The smallest absolute Gasteiger partial charge is 0.306 e. The van der Waals surface area contributed by atoms with E-state index in [0.717, 1.165) is 16.2 Å². The minimum Gasteiger partial charge on any atom is -0.490 e. The van der Waals surface area contributed by atoms with E-state index in [1.54, 1.807) is 6.07 Å². The van der Waals surface area contributed by atoms with E-state index in [2.05, 4.69) is 0 Å². The number of aryl methyl sites for hydroxylation is 2. The van der Waals surface area contributed by atoms with Gasteiger partial charge in [0.05, 0.1) is 11.3 Å². The van der Waals surface area contributed by atoms with Gasteiger partial charge in [-0.25, -0.2) is 0 Å². The number of Topliss-reactive ketones (excluding diaryl/α,β-unsaturated/α-hetero) is 1. The first-order valence-electron chi connectivity index (χ1n) is 7.50. The van der Waals surface area contributed by atoms with Gasteiger partial charge in [0.25, 0.3) is 0 Å². The molecule has 0 bridgehead atoms. The number of carbonyl (C=O) groups excluding carboxylic acids is 2. The number of thiophene rings is 1. The molecule has 1 heterocycles. The van der Waals surface area contributed by atoms with Crippen LogP contribution in [0.25, 0.3) is 0 Å². The molecule has 0 saturated heterocycles. The standard InChI is InChI=1S/C18H20O4S/c1-13-5-3-4-6-16(13)21-11-12-22-18(20)10-8-15(19)17-9-7-14(2)23-17/h3-7,9H,8,10-12H2,1-2H3. The fraction of sp³-hybridized carbons (Fsp3) is 0.333. The Morgan fingerprint density at radius 2 is 1.78 bits per heavy atom. The molecule has 0 fully saturated rings. The van der Waals surface area contributed by atoms with Crippen molar-refractivity contribution in [3.8, 4) is 5.75 Å². The predicted molar refractivity (Wildman–Crippen MR) is 90.3 cm³/mol. The molecule has 122 valence electrons. The Morgan fingerprint density at radius 1 is 1.00 bits per heavy atom. The first kappa shape index (κ1) is 17.2. The molecule has 0 spiro atoms. The van der Waals surface area contributed by atoms with Gasteiger partial charge in [-0.1, -0.05) is 18.2 Å². The SMILES string of the molecule is Cc1ccc(C(=O)CCC(=O)OCCOc2ccccc2C)s1. The molecule has 4 nitrogen and oxygen atoms in total. The normalized spacial score (nSPS) is 10.3. The van der Waals surface area contributed by atoms with Crippen molar-refractivity contribution in [3.05, 3.63) is 51.7 Å². The summed E-state index contributed by atoms with van der Waals surface area (Å²) in [6.07, 6.45) is 0.275. The van der Waals surface area contributed by atoms with Crippen molar-refractivity contribution in [2.45, 2.75) is 26.7 Å². The van der Waals surface area contributed by atoms with Crippen LogP contribution in [-0.4, -0.2) is 25.0 Å². The molecule has 1 aromatic carbocycles. The summed E-state index contributed by atoms with van der Waals surface area (Å²) in [5, 5.41) is 0. The minimum absolute atomic E-state index is 0.0174. The monoisotopic (exact) mass is 332 g/mol. The predicted octanol–water partition coefficient (Wildman–Crippen LogP) is 3.95. The Bertz CT molecular complexity index is 675. The van der Waals surface area contributed by atoms with E-state index in [9.17, 15) is 9.59 Å². The van der Waals surface area contributed by atoms with Crippen LogP contribution in [0.2, 0.25) is 0 Å². The highest BCUT2D eigenvalue weighted by molar-refractivity contribution is 7.14. The van der Waals surface area contributed by atoms with Gasteiger partial charge in [0.2, 0.25) is 0 Å². The first-order chi connectivity index (χ1) is 11.1. The average molecular weight is 332 g/mol. The van der Waals surface area contributed by atoms with Crippen LogP contribution in [0.4, 0.5) is 0 Å². The van der Waals surface area contributed by atoms with E-state index in [-0.39, 0.29) is 31.2 Å². The van der Waals surface area contributed by atoms with Gasteiger partial charge in [-0.2, -0.15) is 0 Å². The van der Waals surface area contributed by atoms with Crippen molar-refractivity contribution in [1.29, 1.82) is 0 Å². The van der Waals surface area contributed by atoms with Gasteiger partial charge in [0, 0.05) is 11.3 Å². The molecule has 2 rings (SSSR count). The summed E-state index contributed by atoms with van der Waals surface area (Å²) in [5.74, 6) is 0.392. The Balaban J connectivity index is 1.64. The molecular weight excluding hydrogens is 312 g/mol. The number of hydrogen-bond donors (Lipinski definition) is 0. The number of esters is 1. The molecule has 0 aliphatic rings. The second kappa shape index (κ2) is 8.48. The molecule has 23 heavy (non-hydrogen) atoms. The maximum Gasteiger partial charge on any atom is 0.306 e. The van der Waals surface area contributed by atoms with E-state index in [1.807, 2.05) is 44.2 Å². The van der Waals surface area contributed by atoms with Crippen LogP contribution in [0.1, 0.15) is 33.0 Å². The number of benzene rings is 1. The van der Waals surface area contributed by atoms with Crippen LogP contribution in [0, 0.1) is 13.8 Å². The van der Waals surface area contributed by atoms with Gasteiger partial charge in [-0.05, 0) is 37.6 Å². The zero-order valence-electron chi connectivity index (χ0n) is 13.3. The van der Waals surface area contributed by atoms with Crippen molar-refractivity contribution in [2.24, 2.45) is 0 Å². The van der Waals surface area contributed by atoms with Crippen molar-refractivity contribution in [1.82, 2.24) is 0 Å². The molecule has 1 aromatic heterocycles. The first-order valence-corrected chi connectivity index (χ1v) is 8.31. The molecule has 0 atom stereocenters. The van der Waals surface area contributed by atoms with E-state index in [1.165, 1.54) is 11.3 Å². The van der Waals surface area contributed by atoms with Gasteiger partial charge < -0.3 is 9.47 Å². The summed E-state index contributed by atoms with van der Waals surface area (Å²) >= 11 is 1.45. The lowest BCUT2D eigenvalue weighted by Crippen LogP contribution is -2.13. The lowest BCUT2D eigenvalue weighted by molar-refractivity contribution is -0.144. The van der Waals surface area contributed by atoms with Crippen molar-refractivity contribution in [2.75, 3.05) is 13.2 Å². The number of para-hydroxylation sites is 1. The highest BCUT2D eigenvalue weighted by Gasteiger charge is 2.11. The van der Waals surface area contributed by atoms with Crippen molar-refractivity contribution < 1.29 is 19.1 Å². The Hall–Kier alpha value is -2.14. The van der Waals surface area contributed by atoms with Crippen LogP contribution in [0.15, 0.2) is 36.4 Å². The number of ketones is 1. The Kier molecular flexibility index (Phi) is 6.35. The number of rotatable bonds is 8. The zero-order chi connectivity index (χ0) is 16.7. The summed E-state index contributed by atoms with van der Waals surface area (Å²) in [5.41, 5.74) is 1.04. The summed E-state index contributed by atoms with van der Waals surface area (Å²) in [6.45, 7) is 4.39. The van der Waals surface area contributed by atoms with Gasteiger partial charge in [0.1, 0.15) is 19.0 Å². The van der Waals surface area contributed by atoms with E-state index in [0.29, 0.717) is 11.5 Å². The summed E-state index contributed by atoms with van der Waals surface area (Å²) in [4.78, 5) is 25.3. The molecule has 0 N–H and O–H groups in total. The third-order valence-electron chi connectivity index (χ3n) is 3.27. The summed E-state index contributed by atoms with van der Waals surface area (Å²) in [7, 11) is 0. The minimum atomic E-state index is -0.375. The van der Waals surface area contributed by atoms with E-state index in [4.69, 9.17) is 9.47 Å². The third kappa shape index (κ3) is 5.53. The van der Waals surface area contributed by atoms with E-state index < -0.39 is 0 Å². The number of hydrogen-bond acceptors (Lipinski definition) is 5. The second-order valence-corrected chi connectivity index (χ2v) is 6.46. The lowest BCUT2D eigenvalue weighted by atomic mass is 10.2. The molecule has 5 heteroatoms. The largest absolute Gasteiger partial charge is 0.490 e. The molecule has 0 unspecified atom stereocenters. The van der Waals surface area contributed by atoms with Gasteiger partial charge >= 0.3 is 5.97 Å². The molecule has 0 aliphatic carbocycles. The molecular formula is C18H20O4S. The van der Waals surface area contributed by atoms with Crippen LogP contribution < -0.4 is 4.74 Å². The fourth-order valence-corrected chi connectivity index (χ4v) is 2.86. The molecule has 2 aromatic rings. The maximum absolute atomic E-state index is 11.9. The highest BCUT2D eigenvalue weighted by atomic mass is 32.1. The van der Waals surface area contributed by atoms with Crippen molar-refractivity contribution >= 4 is 23.1 Å². The van der Waals surface area contributed by atoms with Gasteiger partial charge in [0.15, 0.2) is 5.78 Å². The number of carbonyl (C=O) groups is 2. The Labute approximate surface area is 140 Å². The van der Waals surface area contributed by atoms with Crippen LogP contribution in [-0.2, 0) is 9.53 Å². The summed E-state index contributed by atoms with van der Waals surface area (Å²) in [6, 6.07) is 11.4. The quantitative estimate of drug-likeness (QED) is 0.417. The topological polar surface area (TPSA) is 52.6 Å². The second-order valence-electron chi connectivity index (χ2n) is 5.17. The van der Waals surface area contributed by atoms with Crippen LogP contribution in [0.3, 0.4) is 0 Å². The Morgan fingerprint density at radius 3 is 2.48 bits per heavy atom. The van der Waals surface area contributed by atoms with Crippen molar-refractivity contribution in [3.63, 3.8) is 0 Å². The fourth-order valence-electron chi connectivity index (χ4n) is 2.02. The molecule has 0 saturated carbocycles. The summed E-state index contributed by atoms with van der Waals surface area (Å²) < 4.78 is 10.6. The van der Waals surface area contributed by atoms with Crippen LogP contribution in [0.5, 0.6) is 5.75 Å². The number of ether oxygens (including phenoxy) is 2. The van der Waals surface area contributed by atoms with E-state index >= 15 is 0 Å².